The lowest BCUT2D eigenvalue weighted by atomic mass is 10.2. The lowest BCUT2D eigenvalue weighted by Gasteiger charge is -2.06. The average Bonchev–Trinajstić information content (AvgIpc) is 3.12. The summed E-state index contributed by atoms with van der Waals surface area (Å²) in [6, 6.07) is 13.8. The summed E-state index contributed by atoms with van der Waals surface area (Å²) in [6.45, 7) is 5.61. The van der Waals surface area contributed by atoms with E-state index in [9.17, 15) is 24.0 Å². The SMILES string of the molecule is C=CCn1c(=C(C#N)C(=O)Nc2ccc(C(=O)OCC)cc2)sc(=Cc2ccccc2F)c1=O. The highest BCUT2D eigenvalue weighted by Gasteiger charge is 2.16. The summed E-state index contributed by atoms with van der Waals surface area (Å²) < 4.78 is 20.5. The number of halogens is 1. The van der Waals surface area contributed by atoms with E-state index in [1.165, 1.54) is 59.2 Å². The van der Waals surface area contributed by atoms with Crippen molar-refractivity contribution >= 4 is 40.5 Å². The quantitative estimate of drug-likeness (QED) is 0.416. The predicted octanol–water partition coefficient (Wildman–Crippen LogP) is 2.55. The maximum Gasteiger partial charge on any atom is 0.338 e. The van der Waals surface area contributed by atoms with Gasteiger partial charge in [-0.25, -0.2) is 9.18 Å². The molecule has 0 atom stereocenters. The fourth-order valence-corrected chi connectivity index (χ4v) is 4.13. The molecule has 1 heterocycles. The first-order valence-electron chi connectivity index (χ1n) is 10.2. The van der Waals surface area contributed by atoms with Crippen molar-refractivity contribution in [1.82, 2.24) is 4.57 Å². The number of carbonyl (C=O) groups excluding carboxylic acids is 2. The fourth-order valence-electron chi connectivity index (χ4n) is 3.03. The molecule has 1 aromatic heterocycles. The van der Waals surface area contributed by atoms with Crippen molar-refractivity contribution in [3.05, 3.63) is 97.7 Å². The second kappa shape index (κ2) is 11.0. The van der Waals surface area contributed by atoms with E-state index >= 15 is 0 Å². The Balaban J connectivity index is 2.05. The van der Waals surface area contributed by atoms with Crippen LogP contribution in [0, 0.1) is 17.1 Å². The number of benzene rings is 2. The number of nitriles is 1. The summed E-state index contributed by atoms with van der Waals surface area (Å²) >= 11 is 0.912. The van der Waals surface area contributed by atoms with Crippen molar-refractivity contribution in [1.29, 1.82) is 5.26 Å². The molecular formula is C25H20FN3O4S. The zero-order valence-electron chi connectivity index (χ0n) is 18.2. The molecule has 0 aliphatic rings. The Morgan fingerprint density at radius 1 is 1.24 bits per heavy atom. The van der Waals surface area contributed by atoms with Crippen LogP contribution in [0.2, 0.25) is 0 Å². The lowest BCUT2D eigenvalue weighted by molar-refractivity contribution is -0.111. The van der Waals surface area contributed by atoms with E-state index in [1.807, 2.05) is 6.07 Å². The Hall–Kier alpha value is -4.29. The number of nitrogens with zero attached hydrogens (tertiary/aromatic N) is 2. The van der Waals surface area contributed by atoms with Gasteiger partial charge in [0, 0.05) is 17.8 Å². The van der Waals surface area contributed by atoms with E-state index in [4.69, 9.17) is 4.74 Å². The molecule has 0 bridgehead atoms. The summed E-state index contributed by atoms with van der Waals surface area (Å²) in [4.78, 5) is 37.6. The Labute approximate surface area is 198 Å². The van der Waals surface area contributed by atoms with Crippen molar-refractivity contribution in [3.8, 4) is 6.07 Å². The summed E-state index contributed by atoms with van der Waals surface area (Å²) in [7, 11) is 0. The molecule has 0 spiro atoms. The number of esters is 1. The summed E-state index contributed by atoms with van der Waals surface area (Å²) in [5.74, 6) is -1.72. The molecule has 34 heavy (non-hydrogen) atoms. The third-order valence-corrected chi connectivity index (χ3v) is 5.75. The van der Waals surface area contributed by atoms with Crippen molar-refractivity contribution in [2.24, 2.45) is 0 Å². The predicted molar refractivity (Wildman–Crippen MR) is 128 cm³/mol. The van der Waals surface area contributed by atoms with Crippen LogP contribution in [0.25, 0.3) is 11.6 Å². The molecule has 0 radical (unpaired) electrons. The number of amides is 1. The van der Waals surface area contributed by atoms with Gasteiger partial charge in [0.25, 0.3) is 11.5 Å². The van der Waals surface area contributed by atoms with Gasteiger partial charge in [0.1, 0.15) is 16.5 Å². The van der Waals surface area contributed by atoms with Gasteiger partial charge in [-0.15, -0.1) is 17.9 Å². The number of hydrogen-bond acceptors (Lipinski definition) is 6. The van der Waals surface area contributed by atoms with Crippen molar-refractivity contribution in [2.75, 3.05) is 11.9 Å². The van der Waals surface area contributed by atoms with Gasteiger partial charge < -0.3 is 10.1 Å². The van der Waals surface area contributed by atoms with Crippen LogP contribution in [0.15, 0.2) is 66.0 Å². The van der Waals surface area contributed by atoms with E-state index in [-0.39, 0.29) is 33.5 Å². The minimum absolute atomic E-state index is 0.0580. The molecule has 0 aliphatic heterocycles. The maximum absolute atomic E-state index is 14.1. The van der Waals surface area contributed by atoms with E-state index < -0.39 is 23.3 Å². The van der Waals surface area contributed by atoms with Gasteiger partial charge in [-0.1, -0.05) is 24.3 Å². The first-order valence-corrected chi connectivity index (χ1v) is 11.0. The lowest BCUT2D eigenvalue weighted by Crippen LogP contribution is -2.33. The summed E-state index contributed by atoms with van der Waals surface area (Å²) in [5, 5.41) is 12.3. The first kappa shape index (κ1) is 24.4. The molecule has 0 unspecified atom stereocenters. The van der Waals surface area contributed by atoms with Crippen LogP contribution in [0.5, 0.6) is 0 Å². The van der Waals surface area contributed by atoms with Gasteiger partial charge in [-0.05, 0) is 43.3 Å². The van der Waals surface area contributed by atoms with Gasteiger partial charge in [0.2, 0.25) is 0 Å². The second-order valence-corrected chi connectivity index (χ2v) is 7.91. The molecule has 3 rings (SSSR count). The van der Waals surface area contributed by atoms with Crippen LogP contribution < -0.4 is 20.1 Å². The Morgan fingerprint density at radius 2 is 1.94 bits per heavy atom. The molecule has 1 N–H and O–H groups in total. The van der Waals surface area contributed by atoms with Crippen LogP contribution in [0.3, 0.4) is 0 Å². The molecule has 2 aromatic carbocycles. The van der Waals surface area contributed by atoms with Gasteiger partial charge in [-0.3, -0.25) is 14.2 Å². The standard InChI is InChI=1S/C25H20FN3O4S/c1-3-13-29-23(31)21(14-17-7-5-6-8-20(17)26)34-24(29)19(15-27)22(30)28-18-11-9-16(10-12-18)25(32)33-4-2/h3,5-12,14H,1,4,13H2,2H3,(H,28,30). The molecule has 3 aromatic rings. The van der Waals surface area contributed by atoms with Crippen LogP contribution in [0.4, 0.5) is 10.1 Å². The Kier molecular flexibility index (Phi) is 7.90. The van der Waals surface area contributed by atoms with E-state index in [0.29, 0.717) is 11.3 Å². The van der Waals surface area contributed by atoms with Gasteiger partial charge in [-0.2, -0.15) is 5.26 Å². The number of nitrogens with one attached hydrogen (secondary N) is 1. The van der Waals surface area contributed by atoms with Crippen LogP contribution in [0.1, 0.15) is 22.8 Å². The third kappa shape index (κ3) is 5.36. The molecular weight excluding hydrogens is 457 g/mol. The summed E-state index contributed by atoms with van der Waals surface area (Å²) in [5.41, 5.74) is 0.116. The zero-order valence-corrected chi connectivity index (χ0v) is 19.0. The molecule has 9 heteroatoms. The Bertz CT molecular complexity index is 1460. The van der Waals surface area contributed by atoms with E-state index in [2.05, 4.69) is 11.9 Å². The van der Waals surface area contributed by atoms with Gasteiger partial charge >= 0.3 is 5.97 Å². The number of allylic oxidation sites excluding steroid dienone is 1. The normalized spacial score (nSPS) is 12.0. The number of anilines is 1. The maximum atomic E-state index is 14.1. The largest absolute Gasteiger partial charge is 0.462 e. The fraction of sp³-hybridized carbons (Fsp3) is 0.120. The monoisotopic (exact) mass is 477 g/mol. The van der Waals surface area contributed by atoms with Crippen LogP contribution in [-0.2, 0) is 16.1 Å². The molecule has 172 valence electrons. The first-order chi connectivity index (χ1) is 16.4. The van der Waals surface area contributed by atoms with Crippen LogP contribution >= 0.6 is 11.3 Å². The highest BCUT2D eigenvalue weighted by atomic mass is 32.1. The summed E-state index contributed by atoms with van der Waals surface area (Å²) in [6.07, 6.45) is 2.85. The molecule has 0 saturated carbocycles. The average molecular weight is 478 g/mol. The minimum atomic E-state index is -0.733. The second-order valence-electron chi connectivity index (χ2n) is 6.88. The highest BCUT2D eigenvalue weighted by molar-refractivity contribution is 7.07. The van der Waals surface area contributed by atoms with E-state index in [1.54, 1.807) is 13.0 Å². The van der Waals surface area contributed by atoms with Crippen molar-refractivity contribution < 1.29 is 18.7 Å². The van der Waals surface area contributed by atoms with Crippen molar-refractivity contribution in [3.63, 3.8) is 0 Å². The highest BCUT2D eigenvalue weighted by Crippen LogP contribution is 2.12. The number of aromatic nitrogens is 1. The zero-order chi connectivity index (χ0) is 24.7. The molecule has 7 nitrogen and oxygen atoms in total. The minimum Gasteiger partial charge on any atom is -0.462 e. The number of rotatable bonds is 7. The topological polar surface area (TPSA) is 101 Å². The molecule has 0 fully saturated rings. The van der Waals surface area contributed by atoms with Gasteiger partial charge in [0.05, 0.1) is 16.7 Å². The van der Waals surface area contributed by atoms with E-state index in [0.717, 1.165) is 11.3 Å². The van der Waals surface area contributed by atoms with Crippen LogP contribution in [-0.4, -0.2) is 23.1 Å². The number of carbonyl (C=O) groups is 2. The van der Waals surface area contributed by atoms with Crippen molar-refractivity contribution in [2.45, 2.75) is 13.5 Å². The number of hydrogen-bond donors (Lipinski definition) is 1. The molecule has 0 saturated heterocycles. The number of ether oxygens (including phenoxy) is 1. The molecule has 1 amide bonds. The third-order valence-electron chi connectivity index (χ3n) is 4.62. The van der Waals surface area contributed by atoms with Gasteiger partial charge in [0.15, 0.2) is 5.57 Å². The number of thiazole rings is 1. The molecule has 0 aliphatic carbocycles. The smallest absolute Gasteiger partial charge is 0.338 e. The Morgan fingerprint density at radius 3 is 2.56 bits per heavy atom.